The molecule has 0 aliphatic rings. The Labute approximate surface area is 115 Å². The van der Waals surface area contributed by atoms with Crippen LogP contribution in [0.4, 0.5) is 6.01 Å². The number of phenolic OH excluding ortho intramolecular Hbond substituents is 1. The van der Waals surface area contributed by atoms with Crippen LogP contribution in [-0.2, 0) is 0 Å². The van der Waals surface area contributed by atoms with Crippen LogP contribution in [0.2, 0.25) is 0 Å². The van der Waals surface area contributed by atoms with E-state index in [-0.39, 0.29) is 5.75 Å². The molecule has 0 spiro atoms. The van der Waals surface area contributed by atoms with Gasteiger partial charge in [0.1, 0.15) is 11.3 Å². The zero-order chi connectivity index (χ0) is 13.9. The van der Waals surface area contributed by atoms with Crippen molar-refractivity contribution < 1.29 is 9.52 Å². The third-order valence-corrected chi connectivity index (χ3v) is 2.91. The fourth-order valence-electron chi connectivity index (χ4n) is 1.89. The van der Waals surface area contributed by atoms with E-state index in [1.54, 1.807) is 25.1 Å². The molecule has 0 aliphatic carbocycles. The number of nitrogens with zero attached hydrogens (tertiary/aromatic N) is 2. The van der Waals surface area contributed by atoms with Gasteiger partial charge in [-0.3, -0.25) is 0 Å². The number of anilines is 1. The molecule has 0 amide bonds. The summed E-state index contributed by atoms with van der Waals surface area (Å²) in [7, 11) is 0. The van der Waals surface area contributed by atoms with Crippen LogP contribution in [0.3, 0.4) is 0 Å². The number of oxazole rings is 1. The molecule has 0 atom stereocenters. The van der Waals surface area contributed by atoms with Gasteiger partial charge in [0.2, 0.25) is 0 Å². The smallest absolute Gasteiger partial charge is 0.316 e. The molecule has 3 rings (SSSR count). The van der Waals surface area contributed by atoms with Gasteiger partial charge in [-0.2, -0.15) is 10.1 Å². The van der Waals surface area contributed by atoms with Gasteiger partial charge in [0.05, 0.1) is 5.71 Å². The molecule has 20 heavy (non-hydrogen) atoms. The molecule has 0 saturated heterocycles. The van der Waals surface area contributed by atoms with E-state index in [1.807, 2.05) is 30.3 Å². The topological polar surface area (TPSA) is 70.7 Å². The molecule has 0 unspecified atom stereocenters. The van der Waals surface area contributed by atoms with Crippen molar-refractivity contribution in [3.63, 3.8) is 0 Å². The third kappa shape index (κ3) is 2.33. The number of nitrogens with one attached hydrogen (secondary N) is 1. The van der Waals surface area contributed by atoms with Crippen LogP contribution in [-0.4, -0.2) is 15.8 Å². The van der Waals surface area contributed by atoms with E-state index < -0.39 is 0 Å². The van der Waals surface area contributed by atoms with Crippen molar-refractivity contribution >= 4 is 22.8 Å². The van der Waals surface area contributed by atoms with Crippen LogP contribution in [0, 0.1) is 0 Å². The van der Waals surface area contributed by atoms with Gasteiger partial charge < -0.3 is 9.52 Å². The number of rotatable bonds is 3. The van der Waals surface area contributed by atoms with E-state index in [0.29, 0.717) is 22.9 Å². The monoisotopic (exact) mass is 267 g/mol. The SMILES string of the molecule is C/C(=N/Nc1nc2ccccc2o1)c1ccccc1O. The van der Waals surface area contributed by atoms with Gasteiger partial charge in [-0.25, -0.2) is 5.43 Å². The van der Waals surface area contributed by atoms with Gasteiger partial charge in [0.15, 0.2) is 5.58 Å². The quantitative estimate of drug-likeness (QED) is 0.564. The number of phenols is 1. The Morgan fingerprint density at radius 1 is 1.15 bits per heavy atom. The fraction of sp³-hybridized carbons (Fsp3) is 0.0667. The lowest BCUT2D eigenvalue weighted by atomic mass is 10.1. The van der Waals surface area contributed by atoms with E-state index in [9.17, 15) is 5.11 Å². The second-order valence-corrected chi connectivity index (χ2v) is 4.31. The van der Waals surface area contributed by atoms with Crippen LogP contribution in [0.5, 0.6) is 5.75 Å². The predicted molar refractivity (Wildman–Crippen MR) is 77.9 cm³/mol. The summed E-state index contributed by atoms with van der Waals surface area (Å²) in [6, 6.07) is 14.8. The molecule has 5 nitrogen and oxygen atoms in total. The highest BCUT2D eigenvalue weighted by molar-refractivity contribution is 6.01. The van der Waals surface area contributed by atoms with Crippen LogP contribution in [0.25, 0.3) is 11.1 Å². The van der Waals surface area contributed by atoms with Gasteiger partial charge in [-0.15, -0.1) is 0 Å². The molecular formula is C15H13N3O2. The average molecular weight is 267 g/mol. The summed E-state index contributed by atoms with van der Waals surface area (Å²) in [6.45, 7) is 1.80. The third-order valence-electron chi connectivity index (χ3n) is 2.91. The molecule has 5 heteroatoms. The molecule has 1 heterocycles. The lowest BCUT2D eigenvalue weighted by Gasteiger charge is -2.03. The average Bonchev–Trinajstić information content (AvgIpc) is 2.88. The maximum atomic E-state index is 9.74. The van der Waals surface area contributed by atoms with Crippen molar-refractivity contribution in [3.05, 3.63) is 54.1 Å². The van der Waals surface area contributed by atoms with Gasteiger partial charge in [-0.05, 0) is 31.2 Å². The van der Waals surface area contributed by atoms with E-state index in [4.69, 9.17) is 4.42 Å². The van der Waals surface area contributed by atoms with Crippen molar-refractivity contribution in [3.8, 4) is 5.75 Å². The van der Waals surface area contributed by atoms with Crippen molar-refractivity contribution in [2.45, 2.75) is 6.92 Å². The molecule has 0 bridgehead atoms. The Kier molecular flexibility index (Phi) is 3.09. The van der Waals surface area contributed by atoms with Gasteiger partial charge in [0.25, 0.3) is 0 Å². The Balaban J connectivity index is 1.84. The van der Waals surface area contributed by atoms with Crippen LogP contribution in [0.15, 0.2) is 58.0 Å². The maximum Gasteiger partial charge on any atom is 0.316 e. The van der Waals surface area contributed by atoms with Crippen molar-refractivity contribution in [1.29, 1.82) is 0 Å². The van der Waals surface area contributed by atoms with Gasteiger partial charge in [-0.1, -0.05) is 24.3 Å². The van der Waals surface area contributed by atoms with E-state index >= 15 is 0 Å². The number of hydrogen-bond acceptors (Lipinski definition) is 5. The molecule has 2 aromatic carbocycles. The number of aromatic nitrogens is 1. The summed E-state index contributed by atoms with van der Waals surface area (Å²) < 4.78 is 5.49. The van der Waals surface area contributed by atoms with E-state index in [2.05, 4.69) is 15.5 Å². The second-order valence-electron chi connectivity index (χ2n) is 4.31. The standard InChI is InChI=1S/C15H13N3O2/c1-10(11-6-2-4-8-13(11)19)17-18-15-16-12-7-3-5-9-14(12)20-15/h2-9,19H,1H3,(H,16,18)/b17-10-. The summed E-state index contributed by atoms with van der Waals surface area (Å²) in [5.41, 5.74) is 5.53. The van der Waals surface area contributed by atoms with Gasteiger partial charge in [0, 0.05) is 5.56 Å². The lowest BCUT2D eigenvalue weighted by Crippen LogP contribution is -2.00. The summed E-state index contributed by atoms with van der Waals surface area (Å²) >= 11 is 0. The molecule has 0 fully saturated rings. The first-order valence-corrected chi connectivity index (χ1v) is 6.18. The summed E-state index contributed by atoms with van der Waals surface area (Å²) in [6.07, 6.45) is 0. The molecule has 3 aromatic rings. The number of benzene rings is 2. The van der Waals surface area contributed by atoms with Crippen LogP contribution >= 0.6 is 0 Å². The summed E-state index contributed by atoms with van der Waals surface area (Å²) in [5.74, 6) is 0.188. The molecule has 2 N–H and O–H groups in total. The summed E-state index contributed by atoms with van der Waals surface area (Å²) in [4.78, 5) is 4.25. The molecular weight excluding hydrogens is 254 g/mol. The highest BCUT2D eigenvalue weighted by Gasteiger charge is 2.06. The lowest BCUT2D eigenvalue weighted by molar-refractivity contribution is 0.474. The molecule has 0 saturated carbocycles. The fourth-order valence-corrected chi connectivity index (χ4v) is 1.89. The molecule has 0 radical (unpaired) electrons. The molecule has 100 valence electrons. The van der Waals surface area contributed by atoms with Crippen LogP contribution < -0.4 is 5.43 Å². The largest absolute Gasteiger partial charge is 0.507 e. The van der Waals surface area contributed by atoms with E-state index in [0.717, 1.165) is 5.52 Å². The normalized spacial score (nSPS) is 11.8. The molecule has 0 aliphatic heterocycles. The van der Waals surface area contributed by atoms with Crippen molar-refractivity contribution in [2.75, 3.05) is 5.43 Å². The first-order chi connectivity index (χ1) is 9.74. The maximum absolute atomic E-state index is 9.74. The predicted octanol–water partition coefficient (Wildman–Crippen LogP) is 3.37. The van der Waals surface area contributed by atoms with E-state index in [1.165, 1.54) is 0 Å². The first kappa shape index (κ1) is 12.2. The minimum atomic E-state index is 0.188. The first-order valence-electron chi connectivity index (χ1n) is 6.18. The minimum Gasteiger partial charge on any atom is -0.507 e. The van der Waals surface area contributed by atoms with Gasteiger partial charge >= 0.3 is 6.01 Å². The molecule has 1 aromatic heterocycles. The summed E-state index contributed by atoms with van der Waals surface area (Å²) in [5, 5.41) is 13.9. The highest BCUT2D eigenvalue weighted by Crippen LogP contribution is 2.19. The Morgan fingerprint density at radius 3 is 2.70 bits per heavy atom. The Morgan fingerprint density at radius 2 is 1.90 bits per heavy atom. The zero-order valence-corrected chi connectivity index (χ0v) is 10.9. The minimum absolute atomic E-state index is 0.188. The number of fused-ring (bicyclic) bond motifs is 1. The number of aromatic hydroxyl groups is 1. The number of hydrazone groups is 1. The number of hydrogen-bond donors (Lipinski definition) is 2. The Hall–Kier alpha value is -2.82. The Bertz CT molecular complexity index is 744. The van der Waals surface area contributed by atoms with Crippen molar-refractivity contribution in [1.82, 2.24) is 4.98 Å². The highest BCUT2D eigenvalue weighted by atomic mass is 16.4. The van der Waals surface area contributed by atoms with Crippen molar-refractivity contribution in [2.24, 2.45) is 5.10 Å². The zero-order valence-electron chi connectivity index (χ0n) is 10.9. The van der Waals surface area contributed by atoms with Crippen LogP contribution in [0.1, 0.15) is 12.5 Å². The number of para-hydroxylation sites is 3. The second kappa shape index (κ2) is 5.05.